The van der Waals surface area contributed by atoms with Gasteiger partial charge in [-0.3, -0.25) is 9.55 Å². The zero-order valence-electron chi connectivity index (χ0n) is 51.3. The first-order valence-electron chi connectivity index (χ1n) is 27.8. The van der Waals surface area contributed by atoms with Gasteiger partial charge in [0.1, 0.15) is 11.6 Å². The summed E-state index contributed by atoms with van der Waals surface area (Å²) in [6.45, 7) is 17.4. The van der Waals surface area contributed by atoms with E-state index in [2.05, 4.69) is 64.7 Å². The highest BCUT2D eigenvalue weighted by molar-refractivity contribution is 5.97. The van der Waals surface area contributed by atoms with Crippen LogP contribution < -0.4 is 4.74 Å². The number of imidazole rings is 1. The Morgan fingerprint density at radius 2 is 1.24 bits per heavy atom. The molecular weight excluding hydrogens is 767 g/mol. The SMILES string of the molecule is [2H]c1nc(-c2cc(-c3cccc4c3nc(-c3cc(C)cc(C)c3OC)n4-c3ccc(-c4cc(C(C)(C)C)cc(C(C)(C)C)c4)cc3C([2H])([2H])[2H])cc(C(C)(C)C)c2)c([2H])c(-c2c([2H])c([2H])c(C([2H])([2H])[2H])c([2H])c2[2H])c1[2H]. The second-order valence-corrected chi connectivity index (χ2v) is 19.6. The van der Waals surface area contributed by atoms with Crippen molar-refractivity contribution in [1.29, 1.82) is 0 Å². The molecule has 0 fully saturated rings. The van der Waals surface area contributed by atoms with E-state index in [9.17, 15) is 1.37 Å². The molecule has 0 N–H and O–H groups in total. The van der Waals surface area contributed by atoms with Crippen LogP contribution in [0.15, 0.2) is 127 Å². The van der Waals surface area contributed by atoms with Crippen molar-refractivity contribution >= 4 is 11.0 Å². The lowest BCUT2D eigenvalue weighted by atomic mass is 9.79. The average molecular weight is 843 g/mol. The maximum atomic E-state index is 9.57. The molecule has 4 nitrogen and oxygen atoms in total. The number of aryl methyl sites for hydroxylation is 3. The summed E-state index contributed by atoms with van der Waals surface area (Å²) in [7, 11) is 1.59. The molecule has 8 aromatic rings. The summed E-state index contributed by atoms with van der Waals surface area (Å²) in [5, 5.41) is 0. The van der Waals surface area contributed by atoms with Gasteiger partial charge in [0.25, 0.3) is 0 Å². The van der Waals surface area contributed by atoms with E-state index in [1.54, 1.807) is 19.2 Å². The maximum Gasteiger partial charge on any atom is 0.149 e. The van der Waals surface area contributed by atoms with Crippen molar-refractivity contribution in [3.05, 3.63) is 166 Å². The Bertz CT molecular complexity index is 3600. The zero-order chi connectivity index (χ0) is 56.3. The highest BCUT2D eigenvalue weighted by atomic mass is 16.5. The van der Waals surface area contributed by atoms with Gasteiger partial charge in [0.05, 0.1) is 44.7 Å². The van der Waals surface area contributed by atoms with E-state index in [0.717, 1.165) is 38.9 Å². The number of hydrogen-bond donors (Lipinski definition) is 0. The van der Waals surface area contributed by atoms with Gasteiger partial charge in [-0.2, -0.15) is 0 Å². The van der Waals surface area contributed by atoms with Crippen LogP contribution >= 0.6 is 0 Å². The molecule has 0 unspecified atom stereocenters. The predicted octanol–water partition coefficient (Wildman–Crippen LogP) is 15.9. The van der Waals surface area contributed by atoms with E-state index in [4.69, 9.17) is 26.2 Å². The third kappa shape index (κ3) is 8.61. The van der Waals surface area contributed by atoms with E-state index >= 15 is 0 Å². The minimum atomic E-state index is -2.98. The molecule has 0 aliphatic carbocycles. The van der Waals surface area contributed by atoms with Gasteiger partial charge in [-0.1, -0.05) is 141 Å². The molecule has 0 spiro atoms. The van der Waals surface area contributed by atoms with Crippen LogP contribution in [0.1, 0.15) is 119 Å². The van der Waals surface area contributed by atoms with Crippen molar-refractivity contribution in [3.63, 3.8) is 0 Å². The van der Waals surface area contributed by atoms with Gasteiger partial charge in [-0.25, -0.2) is 4.98 Å². The topological polar surface area (TPSA) is 39.9 Å². The lowest BCUT2D eigenvalue weighted by Crippen LogP contribution is -2.16. The van der Waals surface area contributed by atoms with Crippen LogP contribution in [0.25, 0.3) is 72.7 Å². The number of pyridine rings is 1. The molecule has 0 amide bonds. The maximum absolute atomic E-state index is 9.57. The van der Waals surface area contributed by atoms with E-state index < -0.39 is 78.2 Å². The van der Waals surface area contributed by atoms with Crippen molar-refractivity contribution in [2.75, 3.05) is 7.11 Å². The smallest absolute Gasteiger partial charge is 0.149 e. The fourth-order valence-corrected chi connectivity index (χ4v) is 8.09. The van der Waals surface area contributed by atoms with Gasteiger partial charge in [0.2, 0.25) is 0 Å². The van der Waals surface area contributed by atoms with E-state index in [0.29, 0.717) is 50.5 Å². The largest absolute Gasteiger partial charge is 0.496 e. The highest BCUT2D eigenvalue weighted by Gasteiger charge is 2.25. The second kappa shape index (κ2) is 16.1. The van der Waals surface area contributed by atoms with Crippen LogP contribution in [0.5, 0.6) is 5.75 Å². The number of methoxy groups -OCH3 is 1. The number of benzene rings is 6. The Morgan fingerprint density at radius 1 is 0.571 bits per heavy atom. The van der Waals surface area contributed by atoms with Gasteiger partial charge in [-0.05, 0) is 153 Å². The van der Waals surface area contributed by atoms with Crippen LogP contribution in [-0.4, -0.2) is 21.6 Å². The first kappa shape index (κ1) is 29.9. The third-order valence-corrected chi connectivity index (χ3v) is 11.6. The van der Waals surface area contributed by atoms with Gasteiger partial charge in [0, 0.05) is 25.5 Å². The number of nitrogens with zero attached hydrogens (tertiary/aromatic N) is 3. The van der Waals surface area contributed by atoms with Crippen LogP contribution in [0.4, 0.5) is 0 Å². The summed E-state index contributed by atoms with van der Waals surface area (Å²) in [4.78, 5) is 9.87. The molecule has 4 heteroatoms. The minimum absolute atomic E-state index is 0.0801. The number of fused-ring (bicyclic) bond motifs is 1. The molecule has 0 bridgehead atoms. The van der Waals surface area contributed by atoms with E-state index in [1.165, 1.54) is 0 Å². The van der Waals surface area contributed by atoms with Crippen molar-refractivity contribution in [2.45, 2.75) is 106 Å². The number of hydrogen-bond acceptors (Lipinski definition) is 3. The normalized spacial score (nSPS) is 15.7. The van der Waals surface area contributed by atoms with Crippen LogP contribution in [-0.2, 0) is 16.2 Å². The Morgan fingerprint density at radius 3 is 1.89 bits per heavy atom. The number of para-hydroxylation sites is 1. The molecule has 0 saturated heterocycles. The lowest BCUT2D eigenvalue weighted by Gasteiger charge is -2.26. The molecule has 63 heavy (non-hydrogen) atoms. The molecular formula is C59H63N3O. The van der Waals surface area contributed by atoms with Gasteiger partial charge in [0.15, 0.2) is 0 Å². The highest BCUT2D eigenvalue weighted by Crippen LogP contribution is 2.43. The number of aromatic nitrogens is 3. The molecule has 0 aliphatic heterocycles. The Labute approximate surface area is 394 Å². The van der Waals surface area contributed by atoms with Crippen molar-refractivity contribution < 1.29 is 22.6 Å². The average Bonchev–Trinajstić information content (AvgIpc) is 3.70. The van der Waals surface area contributed by atoms with Crippen LogP contribution in [0.3, 0.4) is 0 Å². The van der Waals surface area contributed by atoms with Crippen molar-refractivity contribution in [2.24, 2.45) is 0 Å². The standard InChI is InChI=1S/C59H63N3O/c1-36-18-20-40(21-19-36)42-24-25-60-51(34-42)45-29-44(32-46(33-45)57(5,6)7)49-16-15-17-53-54(49)61-56(50-27-37(2)26-39(4)55(50)63-14)62(53)52-23-22-41(28-38(52)3)43-30-47(58(8,9)10)35-48(31-43)59(11,12)13/h15-35H,1-14H3/i1D3,3D3,18D,19D,20D,21D,24D,25D,34D. The molecule has 6 aromatic carbocycles. The number of rotatable bonds is 7. The molecule has 2 heterocycles. The fourth-order valence-electron chi connectivity index (χ4n) is 8.09. The summed E-state index contributed by atoms with van der Waals surface area (Å²) in [5.74, 6) is 0.987. The molecule has 320 valence electrons. The summed E-state index contributed by atoms with van der Waals surface area (Å²) in [5.41, 5.74) is 7.66. The predicted molar refractivity (Wildman–Crippen MR) is 268 cm³/mol. The van der Waals surface area contributed by atoms with E-state index in [-0.39, 0.29) is 22.1 Å². The summed E-state index contributed by atoms with van der Waals surface area (Å²) >= 11 is 0. The molecule has 0 atom stereocenters. The minimum Gasteiger partial charge on any atom is -0.496 e. The monoisotopic (exact) mass is 843 g/mol. The summed E-state index contributed by atoms with van der Waals surface area (Å²) < 4.78 is 121. The Kier molecular flexibility index (Phi) is 7.67. The zero-order valence-corrected chi connectivity index (χ0v) is 38.3. The van der Waals surface area contributed by atoms with Crippen LogP contribution in [0.2, 0.25) is 0 Å². The third-order valence-electron chi connectivity index (χ3n) is 11.6. The first-order chi connectivity index (χ1) is 35.0. The summed E-state index contributed by atoms with van der Waals surface area (Å²) in [6, 6.07) is 23.1. The summed E-state index contributed by atoms with van der Waals surface area (Å²) in [6.07, 6.45) is -0.596. The van der Waals surface area contributed by atoms with Gasteiger partial charge in [-0.15, -0.1) is 0 Å². The lowest BCUT2D eigenvalue weighted by molar-refractivity contribution is 0.413. The van der Waals surface area contributed by atoms with E-state index in [1.807, 2.05) is 93.8 Å². The first-order valence-corrected chi connectivity index (χ1v) is 21.3. The molecule has 0 radical (unpaired) electrons. The fraction of sp³-hybridized carbons (Fsp3) is 0.288. The molecule has 8 rings (SSSR count). The van der Waals surface area contributed by atoms with Crippen molar-refractivity contribution in [1.82, 2.24) is 14.5 Å². The quantitative estimate of drug-likeness (QED) is 0.160. The number of ether oxygens (including phenoxy) is 1. The van der Waals surface area contributed by atoms with Gasteiger partial charge < -0.3 is 4.74 Å². The molecule has 0 saturated carbocycles. The Hall–Kier alpha value is -6.26. The van der Waals surface area contributed by atoms with Gasteiger partial charge >= 0.3 is 0 Å². The molecule has 0 aliphatic rings. The Balaban J connectivity index is 1.44. The second-order valence-electron chi connectivity index (χ2n) is 19.6. The molecule has 2 aromatic heterocycles. The van der Waals surface area contributed by atoms with Crippen molar-refractivity contribution in [3.8, 4) is 67.5 Å². The van der Waals surface area contributed by atoms with Crippen LogP contribution in [0, 0.1) is 27.6 Å².